The van der Waals surface area contributed by atoms with E-state index >= 15 is 0 Å². The van der Waals surface area contributed by atoms with Gasteiger partial charge in [-0.15, -0.1) is 0 Å². The van der Waals surface area contributed by atoms with E-state index in [1.54, 1.807) is 11.2 Å². The van der Waals surface area contributed by atoms with Gasteiger partial charge in [-0.1, -0.05) is 30.3 Å². The minimum atomic E-state index is -0.0439. The molecule has 0 radical (unpaired) electrons. The molecular formula is C18H20N4O2. The number of imidazole rings is 1. The summed E-state index contributed by atoms with van der Waals surface area (Å²) in [6.07, 6.45) is 3.05. The van der Waals surface area contributed by atoms with Gasteiger partial charge in [0.05, 0.1) is 12.4 Å². The Morgan fingerprint density at radius 1 is 1.29 bits per heavy atom. The van der Waals surface area contributed by atoms with Gasteiger partial charge in [-0.2, -0.15) is 0 Å². The van der Waals surface area contributed by atoms with Crippen molar-refractivity contribution in [2.75, 3.05) is 20.1 Å². The number of H-pyrrole nitrogens is 1. The molecule has 2 fully saturated rings. The Morgan fingerprint density at radius 2 is 2.08 bits per heavy atom. The predicted octanol–water partition coefficient (Wildman–Crippen LogP) is 1.77. The Labute approximate surface area is 140 Å². The summed E-state index contributed by atoms with van der Waals surface area (Å²) in [5.74, 6) is 0.519. The summed E-state index contributed by atoms with van der Waals surface area (Å²) in [6.45, 7) is 1.29. The maximum Gasteiger partial charge on any atom is 0.272 e. The number of hydrogen-bond acceptors (Lipinski definition) is 3. The Kier molecular flexibility index (Phi) is 3.59. The molecule has 24 heavy (non-hydrogen) atoms. The normalized spacial score (nSPS) is 23.5. The van der Waals surface area contributed by atoms with Gasteiger partial charge in [0.15, 0.2) is 0 Å². The van der Waals surface area contributed by atoms with Crippen LogP contribution in [0.3, 0.4) is 0 Å². The van der Waals surface area contributed by atoms with Crippen molar-refractivity contribution in [3.63, 3.8) is 0 Å². The predicted molar refractivity (Wildman–Crippen MR) is 89.2 cm³/mol. The zero-order chi connectivity index (χ0) is 16.7. The Bertz CT molecular complexity index is 770. The third-order valence-corrected chi connectivity index (χ3v) is 5.24. The van der Waals surface area contributed by atoms with Crippen molar-refractivity contribution in [1.29, 1.82) is 0 Å². The number of likely N-dealkylation sites (N-methyl/N-ethyl adjacent to an activating group) is 1. The smallest absolute Gasteiger partial charge is 0.272 e. The Balaban J connectivity index is 1.57. The molecule has 0 aliphatic carbocycles. The van der Waals surface area contributed by atoms with Crippen LogP contribution >= 0.6 is 0 Å². The number of fused-ring (bicyclic) bond motifs is 1. The number of likely N-dealkylation sites (tertiary alicyclic amines) is 2. The van der Waals surface area contributed by atoms with Crippen LogP contribution in [0.4, 0.5) is 0 Å². The van der Waals surface area contributed by atoms with E-state index in [9.17, 15) is 9.59 Å². The topological polar surface area (TPSA) is 69.3 Å². The van der Waals surface area contributed by atoms with Crippen molar-refractivity contribution >= 4 is 11.8 Å². The van der Waals surface area contributed by atoms with E-state index < -0.39 is 0 Å². The highest BCUT2D eigenvalue weighted by Crippen LogP contribution is 2.32. The minimum Gasteiger partial charge on any atom is -0.341 e. The van der Waals surface area contributed by atoms with Crippen molar-refractivity contribution in [3.05, 3.63) is 42.4 Å². The Hall–Kier alpha value is -2.63. The van der Waals surface area contributed by atoms with E-state index in [-0.39, 0.29) is 17.9 Å². The number of nitrogens with one attached hydrogen (secondary N) is 1. The van der Waals surface area contributed by atoms with Gasteiger partial charge in [0, 0.05) is 32.1 Å². The van der Waals surface area contributed by atoms with Crippen molar-refractivity contribution in [3.8, 4) is 11.3 Å². The zero-order valence-electron chi connectivity index (χ0n) is 13.6. The summed E-state index contributed by atoms with van der Waals surface area (Å²) >= 11 is 0. The fraction of sp³-hybridized carbons (Fsp3) is 0.389. The Morgan fingerprint density at radius 3 is 2.88 bits per heavy atom. The van der Waals surface area contributed by atoms with Crippen molar-refractivity contribution in [2.45, 2.75) is 18.9 Å². The maximum absolute atomic E-state index is 13.0. The first kappa shape index (κ1) is 14.9. The molecule has 0 spiro atoms. The standard InChI is InChI=1S/C18H20N4O2/c1-21-14-10-22(8-7-13(14)9-15(21)23)18(24)17-16(19-11-20-17)12-5-3-2-4-6-12/h2-6,11,13-14H,7-10H2,1H3,(H,19,20)/t13-,14-/m1/s1. The molecular weight excluding hydrogens is 304 g/mol. The van der Waals surface area contributed by atoms with Crippen LogP contribution < -0.4 is 0 Å². The lowest BCUT2D eigenvalue weighted by Crippen LogP contribution is -2.49. The summed E-state index contributed by atoms with van der Waals surface area (Å²) in [4.78, 5) is 35.8. The molecule has 6 nitrogen and oxygen atoms in total. The second-order valence-corrected chi connectivity index (χ2v) is 6.57. The first-order valence-corrected chi connectivity index (χ1v) is 8.29. The molecule has 124 valence electrons. The average Bonchev–Trinajstić information content (AvgIpc) is 3.21. The zero-order valence-corrected chi connectivity index (χ0v) is 13.6. The maximum atomic E-state index is 13.0. The van der Waals surface area contributed by atoms with Crippen LogP contribution in [0.15, 0.2) is 36.7 Å². The highest BCUT2D eigenvalue weighted by molar-refractivity contribution is 5.98. The SMILES string of the molecule is CN1C(=O)C[C@H]2CCN(C(=O)c3[nH]cnc3-c3ccccc3)C[C@H]21. The first-order valence-electron chi connectivity index (χ1n) is 8.29. The van der Waals surface area contributed by atoms with Crippen molar-refractivity contribution in [1.82, 2.24) is 19.8 Å². The quantitative estimate of drug-likeness (QED) is 0.915. The molecule has 4 rings (SSSR count). The highest BCUT2D eigenvalue weighted by Gasteiger charge is 2.42. The second-order valence-electron chi connectivity index (χ2n) is 6.57. The van der Waals surface area contributed by atoms with Crippen LogP contribution in [0.5, 0.6) is 0 Å². The fourth-order valence-corrected chi connectivity index (χ4v) is 3.83. The summed E-state index contributed by atoms with van der Waals surface area (Å²) in [7, 11) is 1.84. The lowest BCUT2D eigenvalue weighted by molar-refractivity contribution is -0.127. The van der Waals surface area contributed by atoms with E-state index in [1.165, 1.54) is 0 Å². The molecule has 1 aromatic heterocycles. The molecule has 0 saturated carbocycles. The number of rotatable bonds is 2. The summed E-state index contributed by atoms with van der Waals surface area (Å²) in [5, 5.41) is 0. The summed E-state index contributed by atoms with van der Waals surface area (Å²) in [6, 6.07) is 9.84. The molecule has 2 aromatic rings. The molecule has 6 heteroatoms. The van der Waals surface area contributed by atoms with Crippen molar-refractivity contribution < 1.29 is 9.59 Å². The third-order valence-electron chi connectivity index (χ3n) is 5.24. The lowest BCUT2D eigenvalue weighted by Gasteiger charge is -2.37. The van der Waals surface area contributed by atoms with E-state index in [2.05, 4.69) is 9.97 Å². The van der Waals surface area contributed by atoms with E-state index in [4.69, 9.17) is 0 Å². The minimum absolute atomic E-state index is 0.0439. The van der Waals surface area contributed by atoms with Gasteiger partial charge < -0.3 is 14.8 Å². The molecule has 1 N–H and O–H groups in total. The van der Waals surface area contributed by atoms with Crippen LogP contribution in [0.25, 0.3) is 11.3 Å². The van der Waals surface area contributed by atoms with Gasteiger partial charge >= 0.3 is 0 Å². The van der Waals surface area contributed by atoms with Gasteiger partial charge in [0.1, 0.15) is 11.4 Å². The van der Waals surface area contributed by atoms with Gasteiger partial charge in [0.2, 0.25) is 5.91 Å². The number of piperidine rings is 1. The van der Waals surface area contributed by atoms with Gasteiger partial charge in [-0.05, 0) is 12.3 Å². The molecule has 2 atom stereocenters. The number of nitrogens with zero attached hydrogens (tertiary/aromatic N) is 3. The van der Waals surface area contributed by atoms with Gasteiger partial charge in [-0.25, -0.2) is 4.98 Å². The molecule has 0 unspecified atom stereocenters. The highest BCUT2D eigenvalue weighted by atomic mass is 16.2. The number of amides is 2. The van der Waals surface area contributed by atoms with Crippen LogP contribution in [-0.4, -0.2) is 57.8 Å². The lowest BCUT2D eigenvalue weighted by atomic mass is 9.92. The van der Waals surface area contributed by atoms with Crippen LogP contribution in [0.1, 0.15) is 23.3 Å². The fourth-order valence-electron chi connectivity index (χ4n) is 3.83. The number of hydrogen-bond donors (Lipinski definition) is 1. The molecule has 2 aliphatic rings. The van der Waals surface area contributed by atoms with E-state index in [1.807, 2.05) is 42.3 Å². The monoisotopic (exact) mass is 324 g/mol. The first-order chi connectivity index (χ1) is 11.6. The molecule has 0 bridgehead atoms. The van der Waals surface area contributed by atoms with E-state index in [0.717, 1.165) is 12.0 Å². The third kappa shape index (κ3) is 2.38. The number of aromatic amines is 1. The van der Waals surface area contributed by atoms with Crippen LogP contribution in [-0.2, 0) is 4.79 Å². The van der Waals surface area contributed by atoms with Crippen molar-refractivity contribution in [2.24, 2.45) is 5.92 Å². The molecule has 2 amide bonds. The van der Waals surface area contributed by atoms with Crippen LogP contribution in [0.2, 0.25) is 0 Å². The van der Waals surface area contributed by atoms with Gasteiger partial charge in [0.25, 0.3) is 5.91 Å². The number of benzene rings is 1. The number of carbonyl (C=O) groups excluding carboxylic acids is 2. The summed E-state index contributed by atoms with van der Waals surface area (Å²) < 4.78 is 0. The molecule has 3 heterocycles. The largest absolute Gasteiger partial charge is 0.341 e. The number of carbonyl (C=O) groups is 2. The van der Waals surface area contributed by atoms with Gasteiger partial charge in [-0.3, -0.25) is 9.59 Å². The van der Waals surface area contributed by atoms with E-state index in [0.29, 0.717) is 36.8 Å². The molecule has 2 aliphatic heterocycles. The molecule has 2 saturated heterocycles. The number of aromatic nitrogens is 2. The average molecular weight is 324 g/mol. The second kappa shape index (κ2) is 5.78. The van der Waals surface area contributed by atoms with Crippen LogP contribution in [0, 0.1) is 5.92 Å². The molecule has 1 aromatic carbocycles. The summed E-state index contributed by atoms with van der Waals surface area (Å²) in [5.41, 5.74) is 2.12.